The minimum absolute atomic E-state index is 0.356. The van der Waals surface area contributed by atoms with Crippen molar-refractivity contribution in [3.05, 3.63) is 29.8 Å². The van der Waals surface area contributed by atoms with E-state index in [1.54, 1.807) is 0 Å². The second-order valence-electron chi connectivity index (χ2n) is 9.94. The zero-order valence-corrected chi connectivity index (χ0v) is 19.8. The van der Waals surface area contributed by atoms with Gasteiger partial charge in [0.1, 0.15) is 5.75 Å². The molecule has 2 saturated carbocycles. The maximum atomic E-state index is 6.06. The number of ether oxygens (including phenoxy) is 2. The minimum atomic E-state index is -0.670. The first-order chi connectivity index (χ1) is 14.8. The Hall–Kier alpha value is -1.82. The molecule has 172 valence electrons. The first kappa shape index (κ1) is 23.8. The monoisotopic (exact) mass is 428 g/mol. The normalized spacial score (nSPS) is 20.0. The van der Waals surface area contributed by atoms with Gasteiger partial charge in [-0.2, -0.15) is 15.3 Å². The topological polar surface area (TPSA) is 67.9 Å². The molecule has 2 fully saturated rings. The Morgan fingerprint density at radius 1 is 0.710 bits per heavy atom. The molecule has 6 nitrogen and oxygen atoms in total. The van der Waals surface area contributed by atoms with Crippen molar-refractivity contribution in [2.24, 2.45) is 20.5 Å². The molecule has 1 aromatic rings. The molecule has 0 unspecified atom stereocenters. The van der Waals surface area contributed by atoms with E-state index >= 15 is 0 Å². The minimum Gasteiger partial charge on any atom is -0.465 e. The summed E-state index contributed by atoms with van der Waals surface area (Å²) < 4.78 is 12.1. The number of hydrogen-bond acceptors (Lipinski definition) is 6. The Kier molecular flexibility index (Phi) is 8.58. The van der Waals surface area contributed by atoms with Gasteiger partial charge in [0.05, 0.1) is 18.7 Å². The highest BCUT2D eigenvalue weighted by molar-refractivity contribution is 5.27. The fourth-order valence-electron chi connectivity index (χ4n) is 4.09. The van der Waals surface area contributed by atoms with Crippen molar-refractivity contribution in [3.8, 4) is 5.75 Å². The van der Waals surface area contributed by atoms with Crippen LogP contribution in [0.1, 0.15) is 97.5 Å². The maximum Gasteiger partial charge on any atom is 0.213 e. The van der Waals surface area contributed by atoms with Crippen LogP contribution in [-0.2, 0) is 11.3 Å². The van der Waals surface area contributed by atoms with E-state index in [4.69, 9.17) is 9.47 Å². The van der Waals surface area contributed by atoms with Crippen LogP contribution in [0.2, 0.25) is 0 Å². The van der Waals surface area contributed by atoms with E-state index in [1.807, 2.05) is 52.0 Å². The van der Waals surface area contributed by atoms with Gasteiger partial charge < -0.3 is 9.47 Å². The zero-order valence-electron chi connectivity index (χ0n) is 19.8. The third-order valence-electron chi connectivity index (χ3n) is 5.96. The van der Waals surface area contributed by atoms with Gasteiger partial charge in [-0.15, -0.1) is 5.11 Å². The SMILES string of the molecule is CC(C)(N=NC1CCCCC1)OCc1ccc(OC(C)(C)N=NC2CCCCC2)cc1. The van der Waals surface area contributed by atoms with Crippen molar-refractivity contribution in [1.82, 2.24) is 0 Å². The molecule has 1 aromatic carbocycles. The van der Waals surface area contributed by atoms with Gasteiger partial charge in [-0.1, -0.05) is 50.7 Å². The van der Waals surface area contributed by atoms with E-state index in [0.717, 1.165) is 37.0 Å². The molecule has 0 atom stereocenters. The summed E-state index contributed by atoms with van der Waals surface area (Å²) in [6.07, 6.45) is 12.3. The van der Waals surface area contributed by atoms with Crippen LogP contribution >= 0.6 is 0 Å². The Bertz CT molecular complexity index is 716. The lowest BCUT2D eigenvalue weighted by atomic mass is 9.96. The standard InChI is InChI=1S/C25H40N4O2/c1-24(2,28-26-21-11-7-5-8-12-21)30-19-20-15-17-23(18-16-20)31-25(3,4)29-27-22-13-9-6-10-14-22/h15-18,21-22H,5-14,19H2,1-4H3. The summed E-state index contributed by atoms with van der Waals surface area (Å²) in [7, 11) is 0. The molecule has 0 saturated heterocycles. The van der Waals surface area contributed by atoms with Gasteiger partial charge in [0.15, 0.2) is 5.72 Å². The second-order valence-corrected chi connectivity index (χ2v) is 9.94. The molecule has 0 N–H and O–H groups in total. The Balaban J connectivity index is 1.46. The van der Waals surface area contributed by atoms with Gasteiger partial charge in [0, 0.05) is 0 Å². The van der Waals surface area contributed by atoms with E-state index in [2.05, 4.69) is 20.5 Å². The number of nitrogens with zero attached hydrogens (tertiary/aromatic N) is 4. The third kappa shape index (κ3) is 8.68. The van der Waals surface area contributed by atoms with Gasteiger partial charge in [-0.3, -0.25) is 0 Å². The molecule has 6 heteroatoms. The number of azo groups is 2. The fourth-order valence-corrected chi connectivity index (χ4v) is 4.09. The summed E-state index contributed by atoms with van der Waals surface area (Å²) in [5.74, 6) is 0.785. The van der Waals surface area contributed by atoms with E-state index in [0.29, 0.717) is 18.7 Å². The molecule has 0 radical (unpaired) electrons. The summed E-state index contributed by atoms with van der Waals surface area (Å²) in [6.45, 7) is 8.33. The second kappa shape index (κ2) is 11.2. The average Bonchev–Trinajstić information content (AvgIpc) is 2.77. The lowest BCUT2D eigenvalue weighted by molar-refractivity contribution is -0.0289. The number of rotatable bonds is 9. The zero-order chi connectivity index (χ0) is 22.2. The number of benzene rings is 1. The summed E-state index contributed by atoms with van der Waals surface area (Å²) in [4.78, 5) is 0. The summed E-state index contributed by atoms with van der Waals surface area (Å²) in [5.41, 5.74) is -0.208. The molecule has 0 bridgehead atoms. The van der Waals surface area contributed by atoms with Crippen molar-refractivity contribution in [3.63, 3.8) is 0 Å². The lowest BCUT2D eigenvalue weighted by Crippen LogP contribution is -2.25. The highest BCUT2D eigenvalue weighted by atomic mass is 16.5. The van der Waals surface area contributed by atoms with Gasteiger partial charge in [-0.05, 0) is 71.1 Å². The molecule has 2 aliphatic rings. The average molecular weight is 429 g/mol. The molecule has 2 aliphatic carbocycles. The van der Waals surface area contributed by atoms with Crippen LogP contribution in [0.5, 0.6) is 5.75 Å². The molecule has 0 amide bonds. The third-order valence-corrected chi connectivity index (χ3v) is 5.96. The first-order valence-electron chi connectivity index (χ1n) is 12.1. The summed E-state index contributed by atoms with van der Waals surface area (Å²) in [6, 6.07) is 8.71. The highest BCUT2D eigenvalue weighted by Gasteiger charge is 2.22. The van der Waals surface area contributed by atoms with Crippen LogP contribution in [0.3, 0.4) is 0 Å². The largest absolute Gasteiger partial charge is 0.465 e. The van der Waals surface area contributed by atoms with Crippen LogP contribution in [-0.4, -0.2) is 23.5 Å². The quantitative estimate of drug-likeness (QED) is 0.379. The fraction of sp³-hybridized carbons (Fsp3) is 0.760. The van der Waals surface area contributed by atoms with Crippen molar-refractivity contribution in [1.29, 1.82) is 0 Å². The molecule has 0 spiro atoms. The highest BCUT2D eigenvalue weighted by Crippen LogP contribution is 2.26. The van der Waals surface area contributed by atoms with E-state index in [9.17, 15) is 0 Å². The molecule has 0 heterocycles. The molecular formula is C25H40N4O2. The Morgan fingerprint density at radius 2 is 1.19 bits per heavy atom. The molecule has 0 aromatic heterocycles. The predicted molar refractivity (Wildman–Crippen MR) is 123 cm³/mol. The van der Waals surface area contributed by atoms with Crippen molar-refractivity contribution >= 4 is 0 Å². The van der Waals surface area contributed by atoms with E-state index in [-0.39, 0.29) is 0 Å². The first-order valence-corrected chi connectivity index (χ1v) is 12.1. The summed E-state index contributed by atoms with van der Waals surface area (Å²) >= 11 is 0. The van der Waals surface area contributed by atoms with Crippen LogP contribution in [0, 0.1) is 0 Å². The maximum absolute atomic E-state index is 6.06. The summed E-state index contributed by atoms with van der Waals surface area (Å²) in [5, 5.41) is 18.0. The lowest BCUT2D eigenvalue weighted by Gasteiger charge is -2.23. The van der Waals surface area contributed by atoms with Gasteiger partial charge in [-0.25, -0.2) is 0 Å². The van der Waals surface area contributed by atoms with Gasteiger partial charge in [0.2, 0.25) is 5.72 Å². The van der Waals surface area contributed by atoms with Crippen LogP contribution in [0.25, 0.3) is 0 Å². The molecular weight excluding hydrogens is 388 g/mol. The molecule has 31 heavy (non-hydrogen) atoms. The van der Waals surface area contributed by atoms with Gasteiger partial charge >= 0.3 is 0 Å². The predicted octanol–water partition coefficient (Wildman–Crippen LogP) is 7.62. The molecule has 3 rings (SSSR count). The Labute approximate surface area is 187 Å². The van der Waals surface area contributed by atoms with Crippen molar-refractivity contribution in [2.75, 3.05) is 0 Å². The molecule has 0 aliphatic heterocycles. The van der Waals surface area contributed by atoms with Crippen LogP contribution in [0.4, 0.5) is 0 Å². The van der Waals surface area contributed by atoms with E-state index in [1.165, 1.54) is 38.5 Å². The number of hydrogen-bond donors (Lipinski definition) is 0. The van der Waals surface area contributed by atoms with Crippen LogP contribution in [0.15, 0.2) is 44.7 Å². The van der Waals surface area contributed by atoms with Gasteiger partial charge in [0.25, 0.3) is 0 Å². The Morgan fingerprint density at radius 3 is 1.71 bits per heavy atom. The van der Waals surface area contributed by atoms with E-state index < -0.39 is 11.4 Å². The van der Waals surface area contributed by atoms with Crippen molar-refractivity contribution in [2.45, 2.75) is 122 Å². The van der Waals surface area contributed by atoms with Crippen molar-refractivity contribution < 1.29 is 9.47 Å². The van der Waals surface area contributed by atoms with Crippen LogP contribution < -0.4 is 4.74 Å². The smallest absolute Gasteiger partial charge is 0.213 e.